The van der Waals surface area contributed by atoms with E-state index in [2.05, 4.69) is 5.10 Å². The number of aromatic nitrogens is 2. The molecule has 0 amide bonds. The molecule has 1 aliphatic rings. The molecular formula is C14H11F3N2O2. The lowest BCUT2D eigenvalue weighted by molar-refractivity contribution is 0.0688. The molecule has 0 fully saturated rings. The first-order valence-corrected chi connectivity index (χ1v) is 6.48. The van der Waals surface area contributed by atoms with Gasteiger partial charge in [0.2, 0.25) is 0 Å². The molecule has 0 bridgehead atoms. The van der Waals surface area contributed by atoms with E-state index in [-0.39, 0.29) is 5.69 Å². The second-order valence-corrected chi connectivity index (χ2v) is 4.92. The Morgan fingerprint density at radius 3 is 2.62 bits per heavy atom. The lowest BCUT2D eigenvalue weighted by atomic mass is 9.95. The Bertz CT molecular complexity index is 740. The highest BCUT2D eigenvalue weighted by Crippen LogP contribution is 2.28. The van der Waals surface area contributed by atoms with Gasteiger partial charge in [0.15, 0.2) is 17.3 Å². The van der Waals surface area contributed by atoms with Crippen LogP contribution in [0.2, 0.25) is 0 Å². The minimum atomic E-state index is -1.33. The molecule has 1 aromatic carbocycles. The number of benzene rings is 1. The number of nitrogens with zero attached hydrogens (tertiary/aromatic N) is 2. The molecule has 0 saturated carbocycles. The van der Waals surface area contributed by atoms with E-state index >= 15 is 0 Å². The fraction of sp³-hybridized carbons (Fsp3) is 0.286. The summed E-state index contributed by atoms with van der Waals surface area (Å²) in [4.78, 5) is 11.2. The van der Waals surface area contributed by atoms with E-state index in [4.69, 9.17) is 5.11 Å². The zero-order valence-corrected chi connectivity index (χ0v) is 10.9. The number of carboxylic acid groups (broad SMARTS) is 1. The SMILES string of the molecule is O=C(O)c1nn(-c2cc(F)cc(F)c2F)c2c1CCCC2. The number of aromatic carboxylic acids is 1. The molecule has 1 aliphatic carbocycles. The minimum absolute atomic E-state index is 0.186. The number of carboxylic acids is 1. The second-order valence-electron chi connectivity index (χ2n) is 4.92. The summed E-state index contributed by atoms with van der Waals surface area (Å²) in [6.45, 7) is 0. The predicted molar refractivity (Wildman–Crippen MR) is 67.0 cm³/mol. The maximum atomic E-state index is 13.9. The molecule has 0 spiro atoms. The summed E-state index contributed by atoms with van der Waals surface area (Å²) in [5, 5.41) is 13.0. The van der Waals surface area contributed by atoms with Crippen molar-refractivity contribution in [3.05, 3.63) is 46.5 Å². The van der Waals surface area contributed by atoms with Crippen molar-refractivity contribution < 1.29 is 23.1 Å². The molecule has 1 N–H and O–H groups in total. The van der Waals surface area contributed by atoms with E-state index < -0.39 is 29.1 Å². The predicted octanol–water partition coefficient (Wildman–Crippen LogP) is 2.87. The van der Waals surface area contributed by atoms with Crippen LogP contribution in [0.4, 0.5) is 13.2 Å². The summed E-state index contributed by atoms with van der Waals surface area (Å²) in [5.74, 6) is -4.75. The highest BCUT2D eigenvalue weighted by molar-refractivity contribution is 5.87. The van der Waals surface area contributed by atoms with Crippen LogP contribution >= 0.6 is 0 Å². The van der Waals surface area contributed by atoms with E-state index in [9.17, 15) is 18.0 Å². The van der Waals surface area contributed by atoms with Gasteiger partial charge < -0.3 is 5.11 Å². The molecule has 0 atom stereocenters. The number of hydrogen-bond donors (Lipinski definition) is 1. The maximum Gasteiger partial charge on any atom is 0.356 e. The van der Waals surface area contributed by atoms with Crippen molar-refractivity contribution in [2.45, 2.75) is 25.7 Å². The van der Waals surface area contributed by atoms with E-state index in [0.717, 1.165) is 23.6 Å². The molecular weight excluding hydrogens is 285 g/mol. The average molecular weight is 296 g/mol. The third-order valence-electron chi connectivity index (χ3n) is 3.58. The topological polar surface area (TPSA) is 55.1 Å². The van der Waals surface area contributed by atoms with Gasteiger partial charge in [0, 0.05) is 23.4 Å². The Morgan fingerprint density at radius 2 is 1.90 bits per heavy atom. The van der Waals surface area contributed by atoms with Gasteiger partial charge in [-0.05, 0) is 25.7 Å². The summed E-state index contributed by atoms with van der Waals surface area (Å²) in [6, 6.07) is 1.25. The molecule has 0 saturated heterocycles. The highest BCUT2D eigenvalue weighted by atomic mass is 19.2. The largest absolute Gasteiger partial charge is 0.476 e. The molecule has 0 unspecified atom stereocenters. The third-order valence-corrected chi connectivity index (χ3v) is 3.58. The quantitative estimate of drug-likeness (QED) is 0.867. The van der Waals surface area contributed by atoms with Gasteiger partial charge in [-0.2, -0.15) is 5.10 Å². The van der Waals surface area contributed by atoms with Crippen molar-refractivity contribution in [3.8, 4) is 5.69 Å². The van der Waals surface area contributed by atoms with Crippen molar-refractivity contribution in [3.63, 3.8) is 0 Å². The van der Waals surface area contributed by atoms with Gasteiger partial charge in [-0.1, -0.05) is 0 Å². The van der Waals surface area contributed by atoms with Crippen LogP contribution in [0.1, 0.15) is 34.6 Å². The summed E-state index contributed by atoms with van der Waals surface area (Å²) in [7, 11) is 0. The van der Waals surface area contributed by atoms with E-state index in [1.807, 2.05) is 0 Å². The molecule has 2 aromatic rings. The summed E-state index contributed by atoms with van der Waals surface area (Å²) in [5.41, 5.74) is 0.423. The molecule has 110 valence electrons. The van der Waals surface area contributed by atoms with Crippen molar-refractivity contribution in [1.29, 1.82) is 0 Å². The molecule has 4 nitrogen and oxygen atoms in total. The van der Waals surface area contributed by atoms with Gasteiger partial charge >= 0.3 is 5.97 Å². The first-order valence-electron chi connectivity index (χ1n) is 6.48. The number of fused-ring (bicyclic) bond motifs is 1. The highest BCUT2D eigenvalue weighted by Gasteiger charge is 2.27. The minimum Gasteiger partial charge on any atom is -0.476 e. The van der Waals surface area contributed by atoms with Crippen LogP contribution < -0.4 is 0 Å². The summed E-state index contributed by atoms with van der Waals surface area (Å²) < 4.78 is 41.6. The average Bonchev–Trinajstić information content (AvgIpc) is 2.82. The van der Waals surface area contributed by atoms with Crippen molar-refractivity contribution in [2.24, 2.45) is 0 Å². The monoisotopic (exact) mass is 296 g/mol. The Hall–Kier alpha value is -2.31. The molecule has 3 rings (SSSR count). The Morgan fingerprint density at radius 1 is 1.19 bits per heavy atom. The van der Waals surface area contributed by atoms with Crippen molar-refractivity contribution in [2.75, 3.05) is 0 Å². The van der Waals surface area contributed by atoms with Gasteiger partial charge in [0.1, 0.15) is 11.5 Å². The molecule has 0 radical (unpaired) electrons. The van der Waals surface area contributed by atoms with Crippen molar-refractivity contribution >= 4 is 5.97 Å². The van der Waals surface area contributed by atoms with Gasteiger partial charge in [-0.3, -0.25) is 0 Å². The van der Waals surface area contributed by atoms with Crippen LogP contribution in [0.15, 0.2) is 12.1 Å². The maximum absolute atomic E-state index is 13.9. The zero-order chi connectivity index (χ0) is 15.1. The zero-order valence-electron chi connectivity index (χ0n) is 10.9. The first-order chi connectivity index (χ1) is 9.99. The molecule has 1 aromatic heterocycles. The Labute approximate surface area is 117 Å². The van der Waals surface area contributed by atoms with Gasteiger partial charge in [0.05, 0.1) is 0 Å². The third kappa shape index (κ3) is 2.18. The molecule has 7 heteroatoms. The van der Waals surface area contributed by atoms with Gasteiger partial charge in [0.25, 0.3) is 0 Å². The number of carbonyl (C=O) groups is 1. The van der Waals surface area contributed by atoms with E-state index in [1.54, 1.807) is 0 Å². The van der Waals surface area contributed by atoms with Crippen LogP contribution in [-0.2, 0) is 12.8 Å². The fourth-order valence-corrected chi connectivity index (χ4v) is 2.67. The van der Waals surface area contributed by atoms with E-state index in [1.165, 1.54) is 0 Å². The summed E-state index contributed by atoms with van der Waals surface area (Å²) in [6.07, 6.45) is 2.60. The Balaban J connectivity index is 2.26. The lowest BCUT2D eigenvalue weighted by Crippen LogP contribution is -2.10. The van der Waals surface area contributed by atoms with Crippen molar-refractivity contribution in [1.82, 2.24) is 9.78 Å². The van der Waals surface area contributed by atoms with Gasteiger partial charge in [-0.15, -0.1) is 0 Å². The second kappa shape index (κ2) is 4.91. The smallest absolute Gasteiger partial charge is 0.356 e. The van der Waals surface area contributed by atoms with Crippen LogP contribution in [0.5, 0.6) is 0 Å². The molecule has 0 aliphatic heterocycles. The van der Waals surface area contributed by atoms with E-state index in [0.29, 0.717) is 30.2 Å². The van der Waals surface area contributed by atoms with Gasteiger partial charge in [-0.25, -0.2) is 22.6 Å². The standard InChI is InChI=1S/C14H11F3N2O2/c15-7-5-9(16)12(17)11(6-7)19-10-4-2-1-3-8(10)13(18-19)14(20)21/h5-6H,1-4H2,(H,20,21). The summed E-state index contributed by atoms with van der Waals surface area (Å²) >= 11 is 0. The Kier molecular flexibility index (Phi) is 3.19. The molecule has 21 heavy (non-hydrogen) atoms. The number of hydrogen-bond acceptors (Lipinski definition) is 2. The first kappa shape index (κ1) is 13.7. The lowest BCUT2D eigenvalue weighted by Gasteiger charge is -2.14. The van der Waals surface area contributed by atoms with Crippen LogP contribution in [-0.4, -0.2) is 20.9 Å². The van der Waals surface area contributed by atoms with Crippen LogP contribution in [0, 0.1) is 17.5 Å². The molecule has 1 heterocycles. The number of rotatable bonds is 2. The van der Waals surface area contributed by atoms with Crippen LogP contribution in [0.25, 0.3) is 5.69 Å². The number of halogens is 3. The van der Waals surface area contributed by atoms with Crippen LogP contribution in [0.3, 0.4) is 0 Å². The normalized spacial score (nSPS) is 14.0. The fourth-order valence-electron chi connectivity index (χ4n) is 2.67.